The second-order valence-corrected chi connectivity index (χ2v) is 22.6. The quantitative estimate of drug-likeness (QED) is 0.0244. The number of nitrogens with zero attached hydrogens (tertiary/aromatic N) is 8. The maximum Gasteiger partial charge on any atom is 0.490 e. The minimum absolute atomic E-state index is 0.0272. The molecule has 5 aromatic rings. The molecule has 0 radical (unpaired) electrons. The molecule has 3 aliphatic heterocycles. The number of nitrogens with one attached hydrogen (secondary N) is 2. The van der Waals surface area contributed by atoms with Gasteiger partial charge in [0, 0.05) is 26.3 Å². The Bertz CT molecular complexity index is 3320. The van der Waals surface area contributed by atoms with E-state index < -0.39 is 141 Å². The predicted octanol–water partition coefficient (Wildman–Crippen LogP) is -4.39. The van der Waals surface area contributed by atoms with Gasteiger partial charge in [0.1, 0.15) is 48.5 Å². The summed E-state index contributed by atoms with van der Waals surface area (Å²) in [6.45, 7) is -3.55. The van der Waals surface area contributed by atoms with Crippen LogP contribution in [0.3, 0.4) is 0 Å². The van der Waals surface area contributed by atoms with Crippen LogP contribution in [0.15, 0.2) is 39.3 Å². The molecule has 42 heteroatoms. The Balaban J connectivity index is 0.925. The third-order valence-corrected chi connectivity index (χ3v) is 16.8. The van der Waals surface area contributed by atoms with Gasteiger partial charge in [-0.25, -0.2) is 32.6 Å². The van der Waals surface area contributed by atoms with Crippen molar-refractivity contribution in [3.8, 4) is 0 Å². The van der Waals surface area contributed by atoms with E-state index >= 15 is 0 Å². The maximum atomic E-state index is 13.6. The van der Waals surface area contributed by atoms with Gasteiger partial charge in [0.2, 0.25) is 17.7 Å². The first-order valence-corrected chi connectivity index (χ1v) is 27.3. The number of phosphoric acid groups is 4. The van der Waals surface area contributed by atoms with E-state index in [1.807, 2.05) is 0 Å². The fraction of sp³-hybridized carbons (Fsp3) is 0.576. The molecule has 8 rings (SSSR count). The van der Waals surface area contributed by atoms with Crippen LogP contribution in [0.1, 0.15) is 18.7 Å². The van der Waals surface area contributed by atoms with E-state index in [2.05, 4.69) is 38.5 Å². The second kappa shape index (κ2) is 21.5. The van der Waals surface area contributed by atoms with Crippen LogP contribution in [-0.2, 0) is 75.7 Å². The molecule has 15 N–H and O–H groups in total. The van der Waals surface area contributed by atoms with Gasteiger partial charge in [0.25, 0.3) is 17.1 Å². The Morgan fingerprint density at radius 2 is 1.33 bits per heavy atom. The SMILES string of the molecule is COC[C@H]1[C@@H](O)[C@H]([n+]2cn(C)c3c(=O)[nH]c(N)nc32)O[C@@H]1COP(=O)(O)OP(=O)(O)OP(=O)(O)OC[C@H]1O[C@@H](n2ccc(N)nc2=O)[C@H](OC)[C@@H]1OP(=O)(O)OC[C@H]1O[C@@H](n2cnc3c(=O)[nH]c(N)nc32)[C@H](O)[C@@H]1O. The van der Waals surface area contributed by atoms with Crippen LogP contribution in [0.5, 0.6) is 0 Å². The number of anilines is 3. The zero-order chi connectivity index (χ0) is 54.7. The molecule has 3 saturated heterocycles. The monoisotopic (exact) mass is 1150 g/mol. The lowest BCUT2D eigenvalue weighted by Gasteiger charge is -2.26. The molecule has 0 saturated carbocycles. The first kappa shape index (κ1) is 56.4. The number of rotatable bonds is 21. The summed E-state index contributed by atoms with van der Waals surface area (Å²) < 4.78 is 114. The topological polar surface area (TPSA) is 542 Å². The highest BCUT2D eigenvalue weighted by Gasteiger charge is 2.54. The van der Waals surface area contributed by atoms with Gasteiger partial charge >= 0.3 is 42.6 Å². The number of imidazole rings is 2. The Labute approximate surface area is 416 Å². The van der Waals surface area contributed by atoms with Crippen molar-refractivity contribution < 1.29 is 108 Å². The number of H-pyrrole nitrogens is 2. The highest BCUT2D eigenvalue weighted by molar-refractivity contribution is 7.66. The normalized spacial score (nSPS) is 30.4. The standard InChI is InChI=1S/C33H47N13O25P4/c1-43-11-46(25-18(43)27(51)42-32(36)40-25)28-19(47)12(6-61-2)13(66-28)7-64-73(55,56)70-75(59,60)71-74(57,58)65-9-15-22(23(62-3)30(68-15)44-5-4-16(34)38-33(44)52)69-72(53,54)63-8-14-20(48)21(49)29(67-14)45-10-37-17-24(45)39-31(35)41-26(17)50/h4-5,10-15,19-23,28-30,47-49H,6-9H2,1-3H3,(H11-,34,35,36,38,39,40,41,42,50,51,52,53,54,55,56,57,58,59,60)/p+1/t12-,13-,14-,15-,19-,20-,21-,22-,23-,28-,29-,30-/m1/s1. The number of hydrogen-bond donors (Lipinski definition) is 12. The molecule has 3 fully saturated rings. The molecule has 5 aromatic heterocycles. The lowest BCUT2D eigenvalue weighted by atomic mass is 9.99. The number of nitrogens with two attached hydrogens (primary N) is 3. The van der Waals surface area contributed by atoms with Gasteiger partial charge in [-0.2, -0.15) is 18.6 Å². The summed E-state index contributed by atoms with van der Waals surface area (Å²) in [5.74, 6) is -1.89. The van der Waals surface area contributed by atoms with E-state index in [9.17, 15) is 67.5 Å². The molecule has 75 heavy (non-hydrogen) atoms. The van der Waals surface area contributed by atoms with E-state index in [-0.39, 0.29) is 46.6 Å². The number of phosphoric ester groups is 3. The zero-order valence-corrected chi connectivity index (χ0v) is 42.2. The summed E-state index contributed by atoms with van der Waals surface area (Å²) >= 11 is 0. The van der Waals surface area contributed by atoms with Crippen LogP contribution in [0.2, 0.25) is 0 Å². The molecule has 0 aromatic carbocycles. The molecular weight excluding hydrogens is 1100 g/mol. The number of nitrogen functional groups attached to an aromatic ring is 3. The van der Waals surface area contributed by atoms with Gasteiger partial charge in [-0.05, 0) is 6.07 Å². The Morgan fingerprint density at radius 3 is 1.99 bits per heavy atom. The summed E-state index contributed by atoms with van der Waals surface area (Å²) in [4.78, 5) is 100. The van der Waals surface area contributed by atoms with Crippen LogP contribution in [0.4, 0.5) is 17.7 Å². The van der Waals surface area contributed by atoms with Crippen molar-refractivity contribution in [3.63, 3.8) is 0 Å². The summed E-state index contributed by atoms with van der Waals surface area (Å²) in [5.41, 5.74) is 14.2. The summed E-state index contributed by atoms with van der Waals surface area (Å²) in [7, 11) is -19.7. The molecule has 0 bridgehead atoms. The summed E-state index contributed by atoms with van der Waals surface area (Å²) in [6.07, 6.45) is -14.6. The molecule has 4 unspecified atom stereocenters. The maximum absolute atomic E-state index is 13.6. The van der Waals surface area contributed by atoms with Gasteiger partial charge in [0.15, 0.2) is 29.9 Å². The molecule has 8 heterocycles. The number of aliphatic hydroxyl groups is 3. The summed E-state index contributed by atoms with van der Waals surface area (Å²) in [5, 5.41) is 32.9. The molecule has 0 amide bonds. The highest BCUT2D eigenvalue weighted by Crippen LogP contribution is 2.68. The van der Waals surface area contributed by atoms with Gasteiger partial charge in [-0.1, -0.05) is 4.98 Å². The Morgan fingerprint density at radius 1 is 0.720 bits per heavy atom. The largest absolute Gasteiger partial charge is 0.490 e. The number of methoxy groups -OCH3 is 2. The number of hydrogen-bond acceptors (Lipinski definition) is 28. The zero-order valence-electron chi connectivity index (χ0n) is 38.6. The van der Waals surface area contributed by atoms with Gasteiger partial charge < -0.3 is 75.8 Å². The number of aliphatic hydroxyl groups excluding tert-OH is 3. The molecule has 3 aliphatic rings. The molecule has 16 atom stereocenters. The van der Waals surface area contributed by atoms with Crippen LogP contribution in [0, 0.1) is 5.92 Å². The summed E-state index contributed by atoms with van der Waals surface area (Å²) in [6, 6.07) is 1.14. The lowest BCUT2D eigenvalue weighted by molar-refractivity contribution is -0.745. The van der Waals surface area contributed by atoms with Gasteiger partial charge in [-0.15, -0.1) is 0 Å². The first-order chi connectivity index (χ1) is 35.1. The minimum atomic E-state index is -6.19. The lowest BCUT2D eigenvalue weighted by Crippen LogP contribution is -2.45. The van der Waals surface area contributed by atoms with Crippen LogP contribution < -0.4 is 38.6 Å². The van der Waals surface area contributed by atoms with Crippen LogP contribution >= 0.6 is 31.3 Å². The number of fused-ring (bicyclic) bond motifs is 2. The van der Waals surface area contributed by atoms with E-state index in [0.717, 1.165) is 34.8 Å². The Hall–Kier alpha value is -4.82. The van der Waals surface area contributed by atoms with Crippen molar-refractivity contribution in [1.29, 1.82) is 0 Å². The molecule has 38 nitrogen and oxygen atoms in total. The fourth-order valence-corrected chi connectivity index (χ4v) is 12.8. The number of aromatic nitrogens is 10. The minimum Gasteiger partial charge on any atom is -0.387 e. The second-order valence-electron chi connectivity index (χ2n) is 16.6. The molecule has 0 spiro atoms. The number of ether oxygens (including phenoxy) is 5. The van der Waals surface area contributed by atoms with Crippen molar-refractivity contribution in [2.24, 2.45) is 13.0 Å². The number of aryl methyl sites for hydroxylation is 1. The number of aromatic amines is 2. The van der Waals surface area contributed by atoms with Crippen LogP contribution in [-0.4, -0.2) is 168 Å². The third kappa shape index (κ3) is 12.0. The van der Waals surface area contributed by atoms with Crippen molar-refractivity contribution in [1.82, 2.24) is 43.6 Å². The van der Waals surface area contributed by atoms with Crippen molar-refractivity contribution in [2.75, 3.05) is 57.8 Å². The smallest absolute Gasteiger partial charge is 0.387 e. The van der Waals surface area contributed by atoms with Gasteiger partial charge in [-0.3, -0.25) is 51.4 Å². The molecular formula is C33H48N13O25P4+. The average Bonchev–Trinajstić information content (AvgIpc) is 4.10. The molecule has 414 valence electrons. The van der Waals surface area contributed by atoms with Crippen molar-refractivity contribution in [2.45, 2.75) is 67.5 Å². The Kier molecular flexibility index (Phi) is 16.2. The highest BCUT2D eigenvalue weighted by atomic mass is 31.3. The van der Waals surface area contributed by atoms with E-state index in [0.29, 0.717) is 0 Å². The van der Waals surface area contributed by atoms with E-state index in [1.54, 1.807) is 0 Å². The fourth-order valence-electron chi connectivity index (χ4n) is 8.34. The van der Waals surface area contributed by atoms with Crippen LogP contribution in [0.25, 0.3) is 22.3 Å². The third-order valence-electron chi connectivity index (χ3n) is 11.6. The van der Waals surface area contributed by atoms with E-state index in [1.165, 1.54) is 29.6 Å². The predicted molar refractivity (Wildman–Crippen MR) is 242 cm³/mol. The molecule has 0 aliphatic carbocycles. The van der Waals surface area contributed by atoms with E-state index in [4.69, 9.17) is 59.0 Å². The average molecular weight is 1150 g/mol. The van der Waals surface area contributed by atoms with Crippen molar-refractivity contribution in [3.05, 3.63) is 56.1 Å². The first-order valence-electron chi connectivity index (χ1n) is 21.3. The van der Waals surface area contributed by atoms with Crippen molar-refractivity contribution >= 4 is 71.3 Å². The van der Waals surface area contributed by atoms with Gasteiger partial charge in [0.05, 0.1) is 45.9 Å².